The molecular weight excluding hydrogens is 197 g/mol. The minimum absolute atomic E-state index is 0.912. The van der Waals surface area contributed by atoms with E-state index in [4.69, 9.17) is 0 Å². The number of rotatable bonds is 2. The van der Waals surface area contributed by atoms with E-state index >= 15 is 0 Å². The first-order valence-electron chi connectivity index (χ1n) is 4.92. The van der Waals surface area contributed by atoms with Gasteiger partial charge in [0.2, 0.25) is 0 Å². The first-order valence-corrected chi connectivity index (χ1v) is 4.92. The number of hydrogen-bond acceptors (Lipinski definition) is 1. The molecule has 0 aromatic rings. The average Bonchev–Trinajstić information content (AvgIpc) is 2.34. The number of halogens is 4. The fourth-order valence-corrected chi connectivity index (χ4v) is 1.68. The molecule has 1 aliphatic heterocycles. The molecule has 1 heterocycles. The van der Waals surface area contributed by atoms with Gasteiger partial charge in [0.1, 0.15) is 0 Å². The van der Waals surface area contributed by atoms with Crippen molar-refractivity contribution in [3.05, 3.63) is 0 Å². The number of nitrogens with zero attached hydrogens (tertiary/aromatic N) is 1. The lowest BCUT2D eigenvalue weighted by molar-refractivity contribution is 0.295. The monoisotopic (exact) mass is 214 g/mol. The van der Waals surface area contributed by atoms with Gasteiger partial charge >= 0.3 is 7.25 Å². The summed E-state index contributed by atoms with van der Waals surface area (Å²) in [6.07, 6.45) is 5.59. The highest BCUT2D eigenvalue weighted by atomic mass is 19.5. The molecule has 0 spiro atoms. The van der Waals surface area contributed by atoms with E-state index in [9.17, 15) is 17.3 Å². The maximum atomic E-state index is 9.75. The molecule has 14 heavy (non-hydrogen) atoms. The zero-order chi connectivity index (χ0) is 11.2. The van der Waals surface area contributed by atoms with Crippen LogP contribution in [0.4, 0.5) is 17.3 Å². The first-order chi connectivity index (χ1) is 6.34. The van der Waals surface area contributed by atoms with E-state index in [-0.39, 0.29) is 0 Å². The van der Waals surface area contributed by atoms with Crippen molar-refractivity contribution in [3.63, 3.8) is 0 Å². The second-order valence-electron chi connectivity index (χ2n) is 3.56. The topological polar surface area (TPSA) is 3.24 Å². The van der Waals surface area contributed by atoms with Gasteiger partial charge in [0.05, 0.1) is 0 Å². The third-order valence-electron chi connectivity index (χ3n) is 2.29. The van der Waals surface area contributed by atoms with E-state index in [1.54, 1.807) is 0 Å². The molecule has 86 valence electrons. The average molecular weight is 214 g/mol. The van der Waals surface area contributed by atoms with Crippen molar-refractivity contribution < 1.29 is 17.3 Å². The molecule has 0 radical (unpaired) electrons. The summed E-state index contributed by atoms with van der Waals surface area (Å²) in [5, 5.41) is 0. The van der Waals surface area contributed by atoms with E-state index in [2.05, 4.69) is 18.9 Å². The third-order valence-corrected chi connectivity index (χ3v) is 2.29. The van der Waals surface area contributed by atoms with E-state index in [1.807, 2.05) is 0 Å². The molecule has 1 fully saturated rings. The van der Waals surface area contributed by atoms with Gasteiger partial charge in [-0.1, -0.05) is 13.3 Å². The Morgan fingerprint density at radius 3 is 2.07 bits per heavy atom. The Labute approximate surface area is 82.6 Å². The Kier molecular flexibility index (Phi) is 6.16. The molecule has 1 atom stereocenters. The van der Waals surface area contributed by atoms with Crippen LogP contribution in [-0.4, -0.2) is 31.8 Å². The Bertz CT molecular complexity index is 145. The van der Waals surface area contributed by atoms with Crippen molar-refractivity contribution in [1.82, 2.24) is 4.90 Å². The van der Waals surface area contributed by atoms with Gasteiger partial charge in [-0.2, -0.15) is 0 Å². The van der Waals surface area contributed by atoms with Gasteiger partial charge in [-0.05, 0) is 32.9 Å². The van der Waals surface area contributed by atoms with Crippen LogP contribution in [0.2, 0.25) is 0 Å². The summed E-state index contributed by atoms with van der Waals surface area (Å²) in [4.78, 5) is 2.49. The van der Waals surface area contributed by atoms with Crippen LogP contribution >= 0.6 is 0 Å². The van der Waals surface area contributed by atoms with Gasteiger partial charge in [-0.25, -0.2) is 0 Å². The van der Waals surface area contributed by atoms with Gasteiger partial charge in [-0.15, -0.1) is 0 Å². The Balaban J connectivity index is 0.000000292. The highest BCUT2D eigenvalue weighted by molar-refractivity contribution is 6.50. The molecule has 0 aliphatic carbocycles. The summed E-state index contributed by atoms with van der Waals surface area (Å²) in [5.41, 5.74) is 0. The van der Waals surface area contributed by atoms with Crippen LogP contribution in [0.3, 0.4) is 0 Å². The normalized spacial score (nSPS) is 23.1. The standard InChI is InChI=1S/C8H17N.BF4/c1-3-5-8-6-4-7-9(8)2;2-1(3,4)5/h8H,3-7H2,1-2H3;/q;-1. The highest BCUT2D eigenvalue weighted by Gasteiger charge is 2.20. The SMILES string of the molecule is CCCC1CCCN1C.F[B-](F)(F)F. The smallest absolute Gasteiger partial charge is 0.418 e. The fraction of sp³-hybridized carbons (Fsp3) is 1.00. The molecule has 1 saturated heterocycles. The van der Waals surface area contributed by atoms with E-state index < -0.39 is 7.25 Å². The largest absolute Gasteiger partial charge is 0.673 e. The van der Waals surface area contributed by atoms with Crippen LogP contribution in [0.25, 0.3) is 0 Å². The second kappa shape index (κ2) is 6.27. The minimum Gasteiger partial charge on any atom is -0.418 e. The predicted molar refractivity (Wildman–Crippen MR) is 50.7 cm³/mol. The lowest BCUT2D eigenvalue weighted by Crippen LogP contribution is -2.24. The second-order valence-corrected chi connectivity index (χ2v) is 3.56. The molecule has 6 heteroatoms. The van der Waals surface area contributed by atoms with Crippen LogP contribution in [0.15, 0.2) is 0 Å². The number of hydrogen-bond donors (Lipinski definition) is 0. The molecule has 0 N–H and O–H groups in total. The van der Waals surface area contributed by atoms with E-state index in [0.717, 1.165) is 6.04 Å². The summed E-state index contributed by atoms with van der Waals surface area (Å²) >= 11 is 0. The van der Waals surface area contributed by atoms with Crippen LogP contribution in [0, 0.1) is 0 Å². The Morgan fingerprint density at radius 2 is 1.79 bits per heavy atom. The molecule has 1 nitrogen and oxygen atoms in total. The Morgan fingerprint density at radius 1 is 1.29 bits per heavy atom. The maximum Gasteiger partial charge on any atom is 0.673 e. The summed E-state index contributed by atoms with van der Waals surface area (Å²) < 4.78 is 39.0. The van der Waals surface area contributed by atoms with Gasteiger partial charge in [0.25, 0.3) is 0 Å². The molecule has 0 aromatic heterocycles. The molecule has 0 aromatic carbocycles. The molecular formula is C8H17BF4N-. The van der Waals surface area contributed by atoms with Crippen molar-refractivity contribution in [2.24, 2.45) is 0 Å². The zero-order valence-corrected chi connectivity index (χ0v) is 8.65. The number of likely N-dealkylation sites (tertiary alicyclic amines) is 1. The summed E-state index contributed by atoms with van der Waals surface area (Å²) in [7, 11) is -3.76. The van der Waals surface area contributed by atoms with Crippen LogP contribution < -0.4 is 0 Å². The fourth-order valence-electron chi connectivity index (χ4n) is 1.68. The van der Waals surface area contributed by atoms with Gasteiger partial charge in [0, 0.05) is 6.04 Å². The zero-order valence-electron chi connectivity index (χ0n) is 8.65. The van der Waals surface area contributed by atoms with Crippen LogP contribution in [0.5, 0.6) is 0 Å². The van der Waals surface area contributed by atoms with E-state index in [0.29, 0.717) is 0 Å². The first kappa shape index (κ1) is 13.7. The van der Waals surface area contributed by atoms with Crippen molar-refractivity contribution in [2.45, 2.75) is 38.6 Å². The van der Waals surface area contributed by atoms with Gasteiger partial charge in [-0.3, -0.25) is 0 Å². The minimum atomic E-state index is -6.00. The van der Waals surface area contributed by atoms with Crippen molar-refractivity contribution >= 4 is 7.25 Å². The van der Waals surface area contributed by atoms with Crippen molar-refractivity contribution in [3.8, 4) is 0 Å². The lowest BCUT2D eigenvalue weighted by atomic mass is 10.1. The third kappa shape index (κ3) is 8.35. The Hall–Kier alpha value is -0.255. The quantitative estimate of drug-likeness (QED) is 0.504. The highest BCUT2D eigenvalue weighted by Crippen LogP contribution is 2.18. The molecule has 0 amide bonds. The van der Waals surface area contributed by atoms with E-state index in [1.165, 1.54) is 32.2 Å². The maximum absolute atomic E-state index is 9.75. The van der Waals surface area contributed by atoms with Gasteiger partial charge < -0.3 is 22.2 Å². The predicted octanol–water partition coefficient (Wildman–Crippen LogP) is 3.18. The summed E-state index contributed by atoms with van der Waals surface area (Å²) in [5.74, 6) is 0. The van der Waals surface area contributed by atoms with Crippen molar-refractivity contribution in [1.29, 1.82) is 0 Å². The molecule has 1 aliphatic rings. The molecule has 1 rings (SSSR count). The van der Waals surface area contributed by atoms with Crippen molar-refractivity contribution in [2.75, 3.05) is 13.6 Å². The van der Waals surface area contributed by atoms with Crippen LogP contribution in [-0.2, 0) is 0 Å². The van der Waals surface area contributed by atoms with Crippen LogP contribution in [0.1, 0.15) is 32.6 Å². The summed E-state index contributed by atoms with van der Waals surface area (Å²) in [6.45, 7) is 3.59. The van der Waals surface area contributed by atoms with Gasteiger partial charge in [0.15, 0.2) is 0 Å². The molecule has 1 unspecified atom stereocenters. The summed E-state index contributed by atoms with van der Waals surface area (Å²) in [6, 6.07) is 0.912. The lowest BCUT2D eigenvalue weighted by Gasteiger charge is -2.17. The molecule has 0 bridgehead atoms. The molecule has 0 saturated carbocycles.